The van der Waals surface area contributed by atoms with E-state index in [0.717, 1.165) is 12.8 Å². The Balaban J connectivity index is 1.58. The van der Waals surface area contributed by atoms with E-state index >= 15 is 0 Å². The Morgan fingerprint density at radius 3 is 2.70 bits per heavy atom. The highest BCUT2D eigenvalue weighted by Gasteiger charge is 2.21. The van der Waals surface area contributed by atoms with Crippen molar-refractivity contribution in [2.45, 2.75) is 30.6 Å². The number of hydrogen-bond donors (Lipinski definition) is 1. The molecule has 2 aromatic carbocycles. The van der Waals surface area contributed by atoms with Gasteiger partial charge in [-0.1, -0.05) is 35.0 Å². The maximum Gasteiger partial charge on any atom is 0.262 e. The van der Waals surface area contributed by atoms with Gasteiger partial charge in [0, 0.05) is 22.3 Å². The van der Waals surface area contributed by atoms with Crippen molar-refractivity contribution in [2.24, 2.45) is 0 Å². The number of carbonyl (C=O) groups is 1. The Morgan fingerprint density at radius 2 is 1.97 bits per heavy atom. The topological polar surface area (TPSA) is 73.2 Å². The highest BCUT2D eigenvalue weighted by atomic mass is 35.5. The standard InChI is InChI=1S/C21H19Cl2N3O3S/c22-13-3-6-15(7-4-13)24-19(27)12-30-21-25-18-10-14(23)5-8-17(18)20(28)26(21)11-16-2-1-9-29-16/h3-8,10,16H,1-2,9,11-12H2,(H,24,27). The van der Waals surface area contributed by atoms with Crippen LogP contribution in [0.3, 0.4) is 0 Å². The molecule has 1 fully saturated rings. The normalized spacial score (nSPS) is 16.1. The van der Waals surface area contributed by atoms with Gasteiger partial charge in [-0.2, -0.15) is 0 Å². The van der Waals surface area contributed by atoms with Gasteiger partial charge in [-0.15, -0.1) is 0 Å². The third-order valence-corrected chi connectivity index (χ3v) is 6.22. The van der Waals surface area contributed by atoms with E-state index in [0.29, 0.717) is 44.9 Å². The summed E-state index contributed by atoms with van der Waals surface area (Å²) >= 11 is 13.2. The number of carbonyl (C=O) groups excluding carboxylic acids is 1. The van der Waals surface area contributed by atoms with Gasteiger partial charge in [-0.25, -0.2) is 4.98 Å². The average molecular weight is 464 g/mol. The van der Waals surface area contributed by atoms with Crippen LogP contribution in [0.2, 0.25) is 10.0 Å². The molecule has 156 valence electrons. The lowest BCUT2D eigenvalue weighted by Crippen LogP contribution is -2.29. The highest BCUT2D eigenvalue weighted by molar-refractivity contribution is 7.99. The predicted octanol–water partition coefficient (Wildman–Crippen LogP) is 4.61. The van der Waals surface area contributed by atoms with E-state index in [1.807, 2.05) is 0 Å². The van der Waals surface area contributed by atoms with Crippen molar-refractivity contribution in [3.8, 4) is 0 Å². The zero-order valence-corrected chi connectivity index (χ0v) is 18.3. The summed E-state index contributed by atoms with van der Waals surface area (Å²) < 4.78 is 7.31. The largest absolute Gasteiger partial charge is 0.376 e. The van der Waals surface area contributed by atoms with Gasteiger partial charge in [0.05, 0.1) is 29.3 Å². The van der Waals surface area contributed by atoms with Gasteiger partial charge in [0.25, 0.3) is 5.56 Å². The number of halogens is 2. The first kappa shape index (κ1) is 21.2. The highest BCUT2D eigenvalue weighted by Crippen LogP contribution is 2.23. The molecule has 1 saturated heterocycles. The molecular formula is C21H19Cl2N3O3S. The third kappa shape index (κ3) is 4.98. The monoisotopic (exact) mass is 463 g/mol. The third-order valence-electron chi connectivity index (χ3n) is 4.75. The summed E-state index contributed by atoms with van der Waals surface area (Å²) in [5, 5.41) is 4.87. The maximum absolute atomic E-state index is 13.1. The van der Waals surface area contributed by atoms with Crippen LogP contribution in [0.25, 0.3) is 10.9 Å². The Bertz CT molecular complexity index is 1130. The summed E-state index contributed by atoms with van der Waals surface area (Å²) in [6.07, 6.45) is 1.84. The number of rotatable bonds is 6. The molecule has 0 aliphatic carbocycles. The fourth-order valence-electron chi connectivity index (χ4n) is 3.30. The van der Waals surface area contributed by atoms with E-state index in [9.17, 15) is 9.59 Å². The lowest BCUT2D eigenvalue weighted by Gasteiger charge is -2.16. The molecule has 3 aromatic rings. The van der Waals surface area contributed by atoms with Crippen molar-refractivity contribution in [2.75, 3.05) is 17.7 Å². The van der Waals surface area contributed by atoms with Gasteiger partial charge < -0.3 is 10.1 Å². The van der Waals surface area contributed by atoms with Crippen molar-refractivity contribution in [1.29, 1.82) is 0 Å². The number of fused-ring (bicyclic) bond motifs is 1. The zero-order chi connectivity index (χ0) is 21.1. The quantitative estimate of drug-likeness (QED) is 0.426. The molecule has 1 aromatic heterocycles. The summed E-state index contributed by atoms with van der Waals surface area (Å²) in [4.78, 5) is 30.1. The molecule has 0 spiro atoms. The van der Waals surface area contributed by atoms with Gasteiger partial charge >= 0.3 is 0 Å². The molecule has 2 heterocycles. The molecule has 1 aliphatic rings. The van der Waals surface area contributed by atoms with Crippen LogP contribution in [0.5, 0.6) is 0 Å². The number of thioether (sulfide) groups is 1. The second-order valence-electron chi connectivity index (χ2n) is 6.95. The molecule has 1 atom stereocenters. The van der Waals surface area contributed by atoms with Crippen LogP contribution in [0.4, 0.5) is 5.69 Å². The molecular weight excluding hydrogens is 445 g/mol. The van der Waals surface area contributed by atoms with E-state index in [-0.39, 0.29) is 23.3 Å². The van der Waals surface area contributed by atoms with Crippen molar-refractivity contribution in [3.63, 3.8) is 0 Å². The molecule has 1 unspecified atom stereocenters. The van der Waals surface area contributed by atoms with Crippen LogP contribution in [-0.2, 0) is 16.1 Å². The summed E-state index contributed by atoms with van der Waals surface area (Å²) in [5.74, 6) is -0.0985. The number of anilines is 1. The Labute approximate surface area is 187 Å². The van der Waals surface area contributed by atoms with Gasteiger partial charge in [0.1, 0.15) is 0 Å². The molecule has 0 saturated carbocycles. The molecule has 0 radical (unpaired) electrons. The number of nitrogens with one attached hydrogen (secondary N) is 1. The van der Waals surface area contributed by atoms with E-state index < -0.39 is 0 Å². The SMILES string of the molecule is O=C(CSc1nc2cc(Cl)ccc2c(=O)n1CC1CCCO1)Nc1ccc(Cl)cc1. The first-order valence-corrected chi connectivity index (χ1v) is 11.2. The van der Waals surface area contributed by atoms with Crippen LogP contribution in [0, 0.1) is 0 Å². The smallest absolute Gasteiger partial charge is 0.262 e. The molecule has 30 heavy (non-hydrogen) atoms. The van der Waals surface area contributed by atoms with Gasteiger partial charge in [0.15, 0.2) is 5.16 Å². The number of hydrogen-bond acceptors (Lipinski definition) is 5. The Hall–Kier alpha value is -2.06. The van der Waals surface area contributed by atoms with Crippen molar-refractivity contribution in [3.05, 3.63) is 62.9 Å². The van der Waals surface area contributed by atoms with E-state index in [2.05, 4.69) is 10.3 Å². The number of aromatic nitrogens is 2. The van der Waals surface area contributed by atoms with Crippen LogP contribution in [0.15, 0.2) is 52.4 Å². The number of amides is 1. The van der Waals surface area contributed by atoms with Crippen LogP contribution < -0.4 is 10.9 Å². The fraction of sp³-hybridized carbons (Fsp3) is 0.286. The van der Waals surface area contributed by atoms with E-state index in [1.165, 1.54) is 11.8 Å². The van der Waals surface area contributed by atoms with E-state index in [1.54, 1.807) is 47.0 Å². The second-order valence-corrected chi connectivity index (χ2v) is 8.77. The zero-order valence-electron chi connectivity index (χ0n) is 15.9. The van der Waals surface area contributed by atoms with Crippen LogP contribution >= 0.6 is 35.0 Å². The Morgan fingerprint density at radius 1 is 1.20 bits per heavy atom. The lowest BCUT2D eigenvalue weighted by atomic mass is 10.2. The molecule has 0 bridgehead atoms. The Kier molecular flexibility index (Phi) is 6.63. The molecule has 1 amide bonds. The minimum absolute atomic E-state index is 0.0310. The molecule has 1 N–H and O–H groups in total. The minimum atomic E-state index is -0.202. The van der Waals surface area contributed by atoms with Gasteiger partial charge in [-0.05, 0) is 55.3 Å². The van der Waals surface area contributed by atoms with Gasteiger partial charge in [-0.3, -0.25) is 14.2 Å². The van der Waals surface area contributed by atoms with Crippen molar-refractivity contribution < 1.29 is 9.53 Å². The summed E-state index contributed by atoms with van der Waals surface area (Å²) in [7, 11) is 0. The average Bonchev–Trinajstić information content (AvgIpc) is 3.23. The summed E-state index contributed by atoms with van der Waals surface area (Å²) in [6, 6.07) is 11.9. The van der Waals surface area contributed by atoms with Crippen LogP contribution in [0.1, 0.15) is 12.8 Å². The van der Waals surface area contributed by atoms with Crippen molar-refractivity contribution in [1.82, 2.24) is 9.55 Å². The fourth-order valence-corrected chi connectivity index (χ4v) is 4.40. The van der Waals surface area contributed by atoms with Gasteiger partial charge in [0.2, 0.25) is 5.91 Å². The molecule has 4 rings (SSSR count). The van der Waals surface area contributed by atoms with Crippen LogP contribution in [-0.4, -0.2) is 33.9 Å². The second kappa shape index (κ2) is 9.39. The number of benzene rings is 2. The predicted molar refractivity (Wildman–Crippen MR) is 121 cm³/mol. The first-order valence-electron chi connectivity index (χ1n) is 9.49. The minimum Gasteiger partial charge on any atom is -0.376 e. The van der Waals surface area contributed by atoms with E-state index in [4.69, 9.17) is 27.9 Å². The summed E-state index contributed by atoms with van der Waals surface area (Å²) in [5.41, 5.74) is 1.00. The molecule has 6 nitrogen and oxygen atoms in total. The van der Waals surface area contributed by atoms with Crippen molar-refractivity contribution >= 4 is 57.5 Å². The maximum atomic E-state index is 13.1. The molecule has 1 aliphatic heterocycles. The first-order chi connectivity index (χ1) is 14.5. The number of ether oxygens (including phenoxy) is 1. The number of nitrogens with zero attached hydrogens (tertiary/aromatic N) is 2. The lowest BCUT2D eigenvalue weighted by molar-refractivity contribution is -0.113. The molecule has 9 heteroatoms. The summed E-state index contributed by atoms with van der Waals surface area (Å²) in [6.45, 7) is 1.10.